The SMILES string of the molecule is Cc1nc(C2CC2)[nH]c(=O)c1C(=O)N[C@@H]1CCCC[C@H]1O. The minimum atomic E-state index is -0.527. The molecular weight excluding hydrogens is 270 g/mol. The van der Waals surface area contributed by atoms with Gasteiger partial charge in [-0.3, -0.25) is 9.59 Å². The number of rotatable bonds is 3. The van der Waals surface area contributed by atoms with Gasteiger partial charge in [0.1, 0.15) is 11.4 Å². The van der Waals surface area contributed by atoms with E-state index in [4.69, 9.17) is 0 Å². The third-order valence-corrected chi connectivity index (χ3v) is 4.36. The fourth-order valence-electron chi connectivity index (χ4n) is 2.95. The Hall–Kier alpha value is -1.69. The van der Waals surface area contributed by atoms with Gasteiger partial charge in [0.15, 0.2) is 0 Å². The summed E-state index contributed by atoms with van der Waals surface area (Å²) in [5, 5.41) is 12.7. The smallest absolute Gasteiger partial charge is 0.264 e. The van der Waals surface area contributed by atoms with Gasteiger partial charge in [-0.15, -0.1) is 0 Å². The molecule has 2 aliphatic carbocycles. The quantitative estimate of drug-likeness (QED) is 0.774. The highest BCUT2D eigenvalue weighted by Crippen LogP contribution is 2.37. The number of aliphatic hydroxyl groups is 1. The Bertz CT molecular complexity index is 607. The number of hydrogen-bond acceptors (Lipinski definition) is 4. The number of amides is 1. The fourth-order valence-corrected chi connectivity index (χ4v) is 2.95. The van der Waals surface area contributed by atoms with Crippen molar-refractivity contribution in [3.8, 4) is 0 Å². The summed E-state index contributed by atoms with van der Waals surface area (Å²) in [4.78, 5) is 31.5. The highest BCUT2D eigenvalue weighted by atomic mass is 16.3. The van der Waals surface area contributed by atoms with Gasteiger partial charge in [-0.1, -0.05) is 12.8 Å². The Balaban J connectivity index is 1.79. The zero-order valence-electron chi connectivity index (χ0n) is 12.2. The van der Waals surface area contributed by atoms with Crippen LogP contribution >= 0.6 is 0 Å². The van der Waals surface area contributed by atoms with Gasteiger partial charge in [-0.2, -0.15) is 0 Å². The molecule has 3 N–H and O–H groups in total. The molecule has 2 aliphatic rings. The number of nitrogens with one attached hydrogen (secondary N) is 2. The molecule has 0 aromatic carbocycles. The van der Waals surface area contributed by atoms with Crippen molar-refractivity contribution in [1.82, 2.24) is 15.3 Å². The van der Waals surface area contributed by atoms with Crippen LogP contribution in [0.1, 0.15) is 66.3 Å². The summed E-state index contributed by atoms with van der Waals surface area (Å²) in [5.41, 5.74) is 0.146. The Morgan fingerprint density at radius 2 is 2.00 bits per heavy atom. The first-order valence-electron chi connectivity index (χ1n) is 7.66. The fraction of sp³-hybridized carbons (Fsp3) is 0.667. The van der Waals surface area contributed by atoms with Crippen molar-refractivity contribution in [2.75, 3.05) is 0 Å². The maximum atomic E-state index is 12.3. The largest absolute Gasteiger partial charge is 0.391 e. The van der Waals surface area contributed by atoms with E-state index in [-0.39, 0.29) is 17.2 Å². The Kier molecular flexibility index (Phi) is 3.80. The molecule has 3 rings (SSSR count). The molecule has 2 saturated carbocycles. The third kappa shape index (κ3) is 3.00. The summed E-state index contributed by atoms with van der Waals surface area (Å²) >= 11 is 0. The molecule has 0 saturated heterocycles. The third-order valence-electron chi connectivity index (χ3n) is 4.36. The summed E-state index contributed by atoms with van der Waals surface area (Å²) in [6.07, 6.45) is 4.96. The van der Waals surface area contributed by atoms with E-state index < -0.39 is 12.0 Å². The van der Waals surface area contributed by atoms with Gasteiger partial charge >= 0.3 is 0 Å². The van der Waals surface area contributed by atoms with Crippen molar-refractivity contribution >= 4 is 5.91 Å². The molecule has 0 unspecified atom stereocenters. The predicted octanol–water partition coefficient (Wildman–Crippen LogP) is 0.989. The lowest BCUT2D eigenvalue weighted by atomic mass is 9.92. The van der Waals surface area contributed by atoms with Gasteiger partial charge in [0.25, 0.3) is 11.5 Å². The average Bonchev–Trinajstić information content (AvgIpc) is 3.25. The normalized spacial score (nSPS) is 25.6. The zero-order valence-corrected chi connectivity index (χ0v) is 12.2. The molecule has 0 spiro atoms. The topological polar surface area (TPSA) is 95.1 Å². The summed E-state index contributed by atoms with van der Waals surface area (Å²) < 4.78 is 0. The zero-order chi connectivity index (χ0) is 15.0. The van der Waals surface area contributed by atoms with Crippen LogP contribution in [0.4, 0.5) is 0 Å². The molecule has 21 heavy (non-hydrogen) atoms. The number of aromatic amines is 1. The molecule has 1 amide bonds. The number of aliphatic hydroxyl groups excluding tert-OH is 1. The standard InChI is InChI=1S/C15H21N3O3/c1-8-12(15(21)18-13(16-8)9-6-7-9)14(20)17-10-4-2-3-5-11(10)19/h9-11,19H,2-7H2,1H3,(H,17,20)(H,16,18,21)/t10-,11-/m1/s1. The molecule has 2 fully saturated rings. The average molecular weight is 291 g/mol. The molecule has 0 aliphatic heterocycles. The van der Waals surface area contributed by atoms with Crippen LogP contribution in [-0.2, 0) is 0 Å². The summed E-state index contributed by atoms with van der Waals surface area (Å²) in [6.45, 7) is 1.69. The highest BCUT2D eigenvalue weighted by Gasteiger charge is 2.29. The van der Waals surface area contributed by atoms with Crippen molar-refractivity contribution in [3.05, 3.63) is 27.4 Å². The van der Waals surface area contributed by atoms with E-state index in [1.165, 1.54) is 0 Å². The van der Waals surface area contributed by atoms with Crippen molar-refractivity contribution in [2.45, 2.75) is 63.5 Å². The van der Waals surface area contributed by atoms with Crippen LogP contribution in [0.25, 0.3) is 0 Å². The van der Waals surface area contributed by atoms with E-state index in [1.54, 1.807) is 6.92 Å². The number of aryl methyl sites for hydroxylation is 1. The van der Waals surface area contributed by atoms with Crippen LogP contribution in [0.15, 0.2) is 4.79 Å². The second-order valence-corrected chi connectivity index (χ2v) is 6.12. The van der Waals surface area contributed by atoms with Gasteiger partial charge < -0.3 is 15.4 Å². The van der Waals surface area contributed by atoms with E-state index in [9.17, 15) is 14.7 Å². The first kappa shape index (κ1) is 14.3. The van der Waals surface area contributed by atoms with Crippen LogP contribution in [0.3, 0.4) is 0 Å². The van der Waals surface area contributed by atoms with Gasteiger partial charge in [-0.25, -0.2) is 4.98 Å². The molecule has 1 aromatic rings. The lowest BCUT2D eigenvalue weighted by Crippen LogP contribution is -2.46. The van der Waals surface area contributed by atoms with Gasteiger partial charge in [0, 0.05) is 5.92 Å². The summed E-state index contributed by atoms with van der Waals surface area (Å²) in [6, 6.07) is -0.270. The minimum Gasteiger partial charge on any atom is -0.391 e. The number of hydrogen-bond donors (Lipinski definition) is 3. The van der Waals surface area contributed by atoms with Gasteiger partial charge in [0.2, 0.25) is 0 Å². The van der Waals surface area contributed by atoms with Crippen molar-refractivity contribution in [2.24, 2.45) is 0 Å². The first-order valence-corrected chi connectivity index (χ1v) is 7.66. The first-order chi connectivity index (χ1) is 10.1. The molecule has 6 nitrogen and oxygen atoms in total. The van der Waals surface area contributed by atoms with E-state index in [1.807, 2.05) is 0 Å². The molecule has 1 heterocycles. The van der Waals surface area contributed by atoms with Crippen molar-refractivity contribution < 1.29 is 9.90 Å². The van der Waals surface area contributed by atoms with Crippen molar-refractivity contribution in [3.63, 3.8) is 0 Å². The predicted molar refractivity (Wildman–Crippen MR) is 77.3 cm³/mol. The number of carbonyl (C=O) groups excluding carboxylic acids is 1. The van der Waals surface area contributed by atoms with Gasteiger partial charge in [0.05, 0.1) is 17.8 Å². The Morgan fingerprint density at radius 3 is 2.62 bits per heavy atom. The molecule has 114 valence electrons. The Labute approximate surface area is 123 Å². The maximum Gasteiger partial charge on any atom is 0.264 e. The number of carbonyl (C=O) groups is 1. The summed E-state index contributed by atoms with van der Waals surface area (Å²) in [5.74, 6) is 0.593. The highest BCUT2D eigenvalue weighted by molar-refractivity contribution is 5.95. The summed E-state index contributed by atoms with van der Waals surface area (Å²) in [7, 11) is 0. The second-order valence-electron chi connectivity index (χ2n) is 6.12. The number of H-pyrrole nitrogens is 1. The number of aromatic nitrogens is 2. The molecule has 6 heteroatoms. The van der Waals surface area contributed by atoms with Crippen LogP contribution < -0.4 is 10.9 Å². The number of nitrogens with zero attached hydrogens (tertiary/aromatic N) is 1. The molecule has 0 bridgehead atoms. The second kappa shape index (κ2) is 5.60. The maximum absolute atomic E-state index is 12.3. The molecule has 0 radical (unpaired) electrons. The van der Waals surface area contributed by atoms with E-state index in [2.05, 4.69) is 15.3 Å². The van der Waals surface area contributed by atoms with Crippen LogP contribution in [0.2, 0.25) is 0 Å². The van der Waals surface area contributed by atoms with Crippen LogP contribution in [-0.4, -0.2) is 33.1 Å². The van der Waals surface area contributed by atoms with Crippen molar-refractivity contribution in [1.29, 1.82) is 0 Å². The van der Waals surface area contributed by atoms with E-state index in [0.29, 0.717) is 23.9 Å². The lowest BCUT2D eigenvalue weighted by Gasteiger charge is -2.28. The van der Waals surface area contributed by atoms with E-state index >= 15 is 0 Å². The van der Waals surface area contributed by atoms with E-state index in [0.717, 1.165) is 32.1 Å². The molecule has 1 aromatic heterocycles. The lowest BCUT2D eigenvalue weighted by molar-refractivity contribution is 0.0715. The molecular formula is C15H21N3O3. The minimum absolute atomic E-state index is 0.0668. The monoisotopic (exact) mass is 291 g/mol. The van der Waals surface area contributed by atoms with Crippen LogP contribution in [0, 0.1) is 6.92 Å². The van der Waals surface area contributed by atoms with Crippen LogP contribution in [0.5, 0.6) is 0 Å². The Morgan fingerprint density at radius 1 is 1.29 bits per heavy atom. The van der Waals surface area contributed by atoms with Gasteiger partial charge in [-0.05, 0) is 32.6 Å². The molecule has 2 atom stereocenters.